The van der Waals surface area contributed by atoms with Crippen LogP contribution in [0.5, 0.6) is 0 Å². The Labute approximate surface area is 175 Å². The topological polar surface area (TPSA) is 90.8 Å². The highest BCUT2D eigenvalue weighted by Gasteiger charge is 2.36. The summed E-state index contributed by atoms with van der Waals surface area (Å²) in [5.41, 5.74) is 2.88. The van der Waals surface area contributed by atoms with E-state index in [0.717, 1.165) is 43.6 Å². The van der Waals surface area contributed by atoms with Gasteiger partial charge in [-0.2, -0.15) is 0 Å². The second kappa shape index (κ2) is 7.25. The monoisotopic (exact) mass is 411 g/mol. The van der Waals surface area contributed by atoms with Crippen LogP contribution in [0.3, 0.4) is 0 Å². The summed E-state index contributed by atoms with van der Waals surface area (Å²) in [6.07, 6.45) is 4.62. The van der Waals surface area contributed by atoms with Crippen LogP contribution in [0.4, 0.5) is 0 Å². The van der Waals surface area contributed by atoms with Gasteiger partial charge in [0, 0.05) is 55.6 Å². The fourth-order valence-electron chi connectivity index (χ4n) is 4.78. The van der Waals surface area contributed by atoms with E-state index in [1.807, 2.05) is 24.8 Å². The van der Waals surface area contributed by atoms with Crippen LogP contribution in [0.2, 0.25) is 0 Å². The molecule has 3 aliphatic rings. The normalized spacial score (nSPS) is 21.9. The summed E-state index contributed by atoms with van der Waals surface area (Å²) in [7, 11) is 0. The van der Waals surface area contributed by atoms with Crippen LogP contribution in [0.1, 0.15) is 62.4 Å². The van der Waals surface area contributed by atoms with Gasteiger partial charge in [0.05, 0.1) is 17.8 Å². The number of rotatable bonds is 3. The van der Waals surface area contributed by atoms with Gasteiger partial charge in [0.25, 0.3) is 5.56 Å². The summed E-state index contributed by atoms with van der Waals surface area (Å²) in [5, 5.41) is 3.26. The molecule has 2 aromatic rings. The number of H-pyrrole nitrogens is 1. The highest BCUT2D eigenvalue weighted by atomic mass is 16.2. The van der Waals surface area contributed by atoms with Crippen molar-refractivity contribution in [3.05, 3.63) is 33.4 Å². The number of aromatic amines is 1. The van der Waals surface area contributed by atoms with Gasteiger partial charge < -0.3 is 9.80 Å². The molecule has 2 amide bonds. The lowest BCUT2D eigenvalue weighted by Gasteiger charge is -2.32. The molecule has 160 valence electrons. The molecule has 1 saturated heterocycles. The number of nitrogens with one attached hydrogen (secondary N) is 1. The number of carbonyl (C=O) groups is 2. The van der Waals surface area contributed by atoms with Crippen LogP contribution in [0.15, 0.2) is 10.9 Å². The molecule has 1 saturated carbocycles. The number of piperidine rings is 1. The van der Waals surface area contributed by atoms with Crippen molar-refractivity contribution in [3.8, 4) is 0 Å². The van der Waals surface area contributed by atoms with Crippen molar-refractivity contribution < 1.29 is 9.59 Å². The first kappa shape index (κ1) is 19.3. The molecule has 4 heterocycles. The van der Waals surface area contributed by atoms with Gasteiger partial charge in [0.1, 0.15) is 0 Å². The Kier molecular flexibility index (Phi) is 4.67. The number of amides is 2. The minimum Gasteiger partial charge on any atom is -0.342 e. The van der Waals surface area contributed by atoms with Gasteiger partial charge in [0.15, 0.2) is 5.65 Å². The van der Waals surface area contributed by atoms with E-state index < -0.39 is 0 Å². The van der Waals surface area contributed by atoms with Crippen LogP contribution >= 0.6 is 0 Å². The van der Waals surface area contributed by atoms with Crippen LogP contribution in [0, 0.1) is 11.8 Å². The molecule has 0 radical (unpaired) electrons. The number of fused-ring (bicyclic) bond motifs is 2. The third kappa shape index (κ3) is 3.32. The van der Waals surface area contributed by atoms with E-state index in [1.54, 1.807) is 4.90 Å². The van der Waals surface area contributed by atoms with Crippen LogP contribution in [-0.4, -0.2) is 55.8 Å². The zero-order valence-corrected chi connectivity index (χ0v) is 17.7. The Hall–Kier alpha value is -2.64. The molecule has 8 nitrogen and oxygen atoms in total. The molecule has 2 aliphatic heterocycles. The first-order valence-electron chi connectivity index (χ1n) is 11.1. The molecular weight excluding hydrogens is 382 g/mol. The molecule has 1 unspecified atom stereocenters. The van der Waals surface area contributed by atoms with E-state index in [1.165, 1.54) is 4.52 Å². The zero-order chi connectivity index (χ0) is 21.0. The molecule has 2 aromatic heterocycles. The van der Waals surface area contributed by atoms with Crippen molar-refractivity contribution in [1.29, 1.82) is 0 Å². The highest BCUT2D eigenvalue weighted by Crippen LogP contribution is 2.34. The zero-order valence-electron chi connectivity index (χ0n) is 17.7. The maximum Gasteiger partial charge on any atom is 0.277 e. The Bertz CT molecular complexity index is 1060. The SMILES string of the molecule is CC(C)C(=O)N1CCc2nc3cc(C4CCCN(C(=O)C5CC5)C4)[nH]n3c(=O)c2C1. The summed E-state index contributed by atoms with van der Waals surface area (Å²) in [4.78, 5) is 46.5. The van der Waals surface area contributed by atoms with Crippen molar-refractivity contribution in [3.63, 3.8) is 0 Å². The molecule has 1 N–H and O–H groups in total. The summed E-state index contributed by atoms with van der Waals surface area (Å²) >= 11 is 0. The van der Waals surface area contributed by atoms with Gasteiger partial charge in [-0.1, -0.05) is 13.8 Å². The maximum atomic E-state index is 13.2. The molecule has 1 atom stereocenters. The summed E-state index contributed by atoms with van der Waals surface area (Å²) in [5.74, 6) is 0.699. The van der Waals surface area contributed by atoms with Crippen molar-refractivity contribution in [2.45, 2.75) is 58.4 Å². The number of carbonyl (C=O) groups excluding carboxylic acids is 2. The fourth-order valence-corrected chi connectivity index (χ4v) is 4.78. The lowest BCUT2D eigenvalue weighted by atomic mass is 9.94. The minimum absolute atomic E-state index is 0.0694. The van der Waals surface area contributed by atoms with E-state index in [-0.39, 0.29) is 35.1 Å². The van der Waals surface area contributed by atoms with E-state index in [0.29, 0.717) is 37.3 Å². The van der Waals surface area contributed by atoms with Crippen LogP contribution < -0.4 is 5.56 Å². The van der Waals surface area contributed by atoms with Gasteiger partial charge >= 0.3 is 0 Å². The number of hydrogen-bond acceptors (Lipinski definition) is 4. The molecule has 0 aromatic carbocycles. The van der Waals surface area contributed by atoms with Crippen molar-refractivity contribution in [2.24, 2.45) is 11.8 Å². The fraction of sp³-hybridized carbons (Fsp3) is 0.636. The average molecular weight is 412 g/mol. The van der Waals surface area contributed by atoms with E-state index in [9.17, 15) is 14.4 Å². The Morgan fingerprint density at radius 3 is 2.70 bits per heavy atom. The van der Waals surface area contributed by atoms with Gasteiger partial charge in [-0.05, 0) is 25.7 Å². The van der Waals surface area contributed by atoms with E-state index in [2.05, 4.69) is 5.10 Å². The summed E-state index contributed by atoms with van der Waals surface area (Å²) in [6.45, 7) is 6.22. The molecule has 1 aliphatic carbocycles. The second-order valence-electron chi connectivity index (χ2n) is 9.31. The molecule has 8 heteroatoms. The summed E-state index contributed by atoms with van der Waals surface area (Å²) < 4.78 is 1.51. The van der Waals surface area contributed by atoms with Gasteiger partial charge in [0.2, 0.25) is 11.8 Å². The van der Waals surface area contributed by atoms with E-state index >= 15 is 0 Å². The van der Waals surface area contributed by atoms with Crippen LogP contribution in [-0.2, 0) is 22.6 Å². The van der Waals surface area contributed by atoms with Crippen molar-refractivity contribution in [1.82, 2.24) is 24.4 Å². The number of hydrogen-bond donors (Lipinski definition) is 1. The third-order valence-corrected chi connectivity index (χ3v) is 6.69. The second-order valence-corrected chi connectivity index (χ2v) is 9.31. The van der Waals surface area contributed by atoms with E-state index in [4.69, 9.17) is 4.98 Å². The predicted molar refractivity (Wildman–Crippen MR) is 111 cm³/mol. The first-order valence-corrected chi connectivity index (χ1v) is 11.1. The van der Waals surface area contributed by atoms with Gasteiger partial charge in [-0.25, -0.2) is 9.50 Å². The van der Waals surface area contributed by atoms with Crippen molar-refractivity contribution in [2.75, 3.05) is 19.6 Å². The number of nitrogens with zero attached hydrogens (tertiary/aromatic N) is 4. The predicted octanol–water partition coefficient (Wildman–Crippen LogP) is 1.68. The maximum absolute atomic E-state index is 13.2. The molecular formula is C22H29N5O3. The quantitative estimate of drug-likeness (QED) is 0.832. The first-order chi connectivity index (χ1) is 14.4. The highest BCUT2D eigenvalue weighted by molar-refractivity contribution is 5.81. The Balaban J connectivity index is 1.42. The largest absolute Gasteiger partial charge is 0.342 e. The lowest BCUT2D eigenvalue weighted by Crippen LogP contribution is -2.42. The number of likely N-dealkylation sites (tertiary alicyclic amines) is 1. The Morgan fingerprint density at radius 1 is 1.17 bits per heavy atom. The standard InChI is InChI=1S/C22H29N5O3/c1-13(2)20(28)26-9-7-17-16(12-26)22(30)27-19(23-17)10-18(24-27)15-4-3-8-25(11-15)21(29)14-5-6-14/h10,13-15,24H,3-9,11-12H2,1-2H3. The smallest absolute Gasteiger partial charge is 0.277 e. The molecule has 2 fully saturated rings. The lowest BCUT2D eigenvalue weighted by molar-refractivity contribution is -0.135. The molecule has 5 rings (SSSR count). The Morgan fingerprint density at radius 2 is 1.97 bits per heavy atom. The van der Waals surface area contributed by atoms with Crippen molar-refractivity contribution >= 4 is 17.5 Å². The van der Waals surface area contributed by atoms with Gasteiger partial charge in [-0.3, -0.25) is 19.5 Å². The minimum atomic E-state index is -0.121. The molecule has 0 spiro atoms. The van der Waals surface area contributed by atoms with Gasteiger partial charge in [-0.15, -0.1) is 0 Å². The average Bonchev–Trinajstić information content (AvgIpc) is 3.51. The third-order valence-electron chi connectivity index (χ3n) is 6.69. The molecule has 0 bridgehead atoms. The summed E-state index contributed by atoms with van der Waals surface area (Å²) in [6, 6.07) is 1.96. The number of aromatic nitrogens is 3. The van der Waals surface area contributed by atoms with Crippen LogP contribution in [0.25, 0.3) is 5.65 Å². The molecule has 30 heavy (non-hydrogen) atoms.